The van der Waals surface area contributed by atoms with Crippen molar-refractivity contribution in [2.75, 3.05) is 12.0 Å². The molecule has 0 saturated carbocycles. The Labute approximate surface area is 223 Å². The molecule has 8 N–H and O–H groups in total. The van der Waals surface area contributed by atoms with Crippen molar-refractivity contribution in [3.8, 4) is 0 Å². The molecule has 3 amide bonds. The molecule has 0 aliphatic heterocycles. The van der Waals surface area contributed by atoms with E-state index in [1.165, 1.54) is 31.2 Å². The second-order valence-corrected chi connectivity index (χ2v) is 9.92. The van der Waals surface area contributed by atoms with Gasteiger partial charge in [-0.1, -0.05) is 18.2 Å². The summed E-state index contributed by atoms with van der Waals surface area (Å²) in [6.45, 7) is 1.49. The van der Waals surface area contributed by atoms with Gasteiger partial charge in [-0.05, 0) is 37.0 Å². The summed E-state index contributed by atoms with van der Waals surface area (Å²) < 4.78 is 0. The first-order valence-corrected chi connectivity index (χ1v) is 13.5. The molecule has 0 saturated heterocycles. The van der Waals surface area contributed by atoms with Gasteiger partial charge in [0.25, 0.3) is 0 Å². The number of imidazole rings is 1. The minimum Gasteiger partial charge on any atom is -0.480 e. The Morgan fingerprint density at radius 1 is 1.00 bits per heavy atom. The van der Waals surface area contributed by atoms with Crippen LogP contribution >= 0.6 is 11.8 Å². The van der Waals surface area contributed by atoms with Crippen LogP contribution < -0.4 is 21.7 Å². The Hall–Kier alpha value is -3.84. The molecule has 2 heterocycles. The summed E-state index contributed by atoms with van der Waals surface area (Å²) in [6, 6.07) is 3.37. The van der Waals surface area contributed by atoms with Gasteiger partial charge in [0.1, 0.15) is 18.1 Å². The highest BCUT2D eigenvalue weighted by Gasteiger charge is 2.31. The maximum Gasteiger partial charge on any atom is 0.326 e. The van der Waals surface area contributed by atoms with Crippen molar-refractivity contribution in [1.82, 2.24) is 30.9 Å². The SMILES string of the molecule is CSCCC(NC(=O)C(Cc1c[nH]c2ccccc12)NC(=O)C(Cc1cnc[nH]1)NC(=O)C(C)N)C(=O)O. The summed E-state index contributed by atoms with van der Waals surface area (Å²) in [5.41, 5.74) is 7.90. The third-order valence-electron chi connectivity index (χ3n) is 5.98. The summed E-state index contributed by atoms with van der Waals surface area (Å²) in [7, 11) is 0. The number of aromatic nitrogens is 3. The predicted octanol–water partition coefficient (Wildman–Crippen LogP) is 0.316. The highest BCUT2D eigenvalue weighted by Crippen LogP contribution is 2.19. The lowest BCUT2D eigenvalue weighted by Gasteiger charge is -2.25. The quantitative estimate of drug-likeness (QED) is 0.151. The Bertz CT molecular complexity index is 1240. The number of thioether (sulfide) groups is 1. The van der Waals surface area contributed by atoms with Gasteiger partial charge in [-0.25, -0.2) is 9.78 Å². The zero-order chi connectivity index (χ0) is 27.7. The number of aliphatic carboxylic acids is 1. The van der Waals surface area contributed by atoms with Crippen LogP contribution in [0.4, 0.5) is 0 Å². The van der Waals surface area contributed by atoms with Crippen LogP contribution in [-0.4, -0.2) is 79.9 Å². The number of carbonyl (C=O) groups is 4. The molecule has 12 nitrogen and oxygen atoms in total. The number of carboxylic acid groups (broad SMARTS) is 1. The van der Waals surface area contributed by atoms with Crippen LogP contribution in [0, 0.1) is 0 Å². The molecule has 204 valence electrons. The first kappa shape index (κ1) is 28.7. The van der Waals surface area contributed by atoms with Crippen molar-refractivity contribution in [2.45, 2.75) is 50.4 Å². The van der Waals surface area contributed by atoms with E-state index in [0.717, 1.165) is 16.5 Å². The molecule has 0 bridgehead atoms. The number of benzene rings is 1. The van der Waals surface area contributed by atoms with Gasteiger partial charge in [-0.2, -0.15) is 11.8 Å². The van der Waals surface area contributed by atoms with Crippen LogP contribution in [0.5, 0.6) is 0 Å². The van der Waals surface area contributed by atoms with E-state index in [1.807, 2.05) is 30.5 Å². The first-order chi connectivity index (χ1) is 18.2. The van der Waals surface area contributed by atoms with Gasteiger partial charge in [0.05, 0.1) is 12.4 Å². The summed E-state index contributed by atoms with van der Waals surface area (Å²) in [4.78, 5) is 60.9. The second kappa shape index (κ2) is 13.6. The Kier molecular flexibility index (Phi) is 10.3. The minimum absolute atomic E-state index is 0.0805. The summed E-state index contributed by atoms with van der Waals surface area (Å²) in [5.74, 6) is -2.43. The number of rotatable bonds is 14. The highest BCUT2D eigenvalue weighted by molar-refractivity contribution is 7.98. The van der Waals surface area contributed by atoms with Crippen LogP contribution in [-0.2, 0) is 32.0 Å². The van der Waals surface area contributed by atoms with Crippen LogP contribution in [0.25, 0.3) is 10.9 Å². The molecule has 4 atom stereocenters. The molecule has 0 spiro atoms. The molecule has 4 unspecified atom stereocenters. The number of aromatic amines is 2. The van der Waals surface area contributed by atoms with E-state index in [9.17, 15) is 24.3 Å². The van der Waals surface area contributed by atoms with Crippen molar-refractivity contribution in [3.05, 3.63) is 54.2 Å². The number of nitrogens with one attached hydrogen (secondary N) is 5. The Morgan fingerprint density at radius 2 is 1.66 bits per heavy atom. The summed E-state index contributed by atoms with van der Waals surface area (Å²) >= 11 is 1.47. The lowest BCUT2D eigenvalue weighted by Crippen LogP contribution is -2.58. The van der Waals surface area contributed by atoms with Crippen LogP contribution in [0.1, 0.15) is 24.6 Å². The normalized spacial score (nSPS) is 14.3. The molecule has 0 aliphatic rings. The minimum atomic E-state index is -1.16. The summed E-state index contributed by atoms with van der Waals surface area (Å²) in [6.07, 6.45) is 6.97. The van der Waals surface area contributed by atoms with Crippen molar-refractivity contribution < 1.29 is 24.3 Å². The molecule has 13 heteroatoms. The zero-order valence-corrected chi connectivity index (χ0v) is 22.0. The molecule has 1 aromatic carbocycles. The van der Waals surface area contributed by atoms with E-state index in [4.69, 9.17) is 5.73 Å². The smallest absolute Gasteiger partial charge is 0.326 e. The largest absolute Gasteiger partial charge is 0.480 e. The maximum absolute atomic E-state index is 13.4. The third kappa shape index (κ3) is 7.83. The first-order valence-electron chi connectivity index (χ1n) is 12.1. The molecule has 38 heavy (non-hydrogen) atoms. The van der Waals surface area contributed by atoms with Gasteiger partial charge in [0.2, 0.25) is 17.7 Å². The number of hydrogen-bond donors (Lipinski definition) is 7. The van der Waals surface area contributed by atoms with Crippen LogP contribution in [0.2, 0.25) is 0 Å². The number of nitrogens with two attached hydrogens (primary N) is 1. The van der Waals surface area contributed by atoms with E-state index in [0.29, 0.717) is 11.4 Å². The van der Waals surface area contributed by atoms with Gasteiger partial charge < -0.3 is 36.8 Å². The standard InChI is InChI=1S/C25H33N7O5S/c1-14(26)22(33)31-21(10-16-12-27-13-29-16)24(35)32-20(23(34)30-19(25(36)37)7-8-38-2)9-15-11-28-18-6-4-3-5-17(15)18/h3-6,11-14,19-21,28H,7-10,26H2,1-2H3,(H,27,29)(H,30,34)(H,31,33)(H,32,35)(H,36,37). The van der Waals surface area contributed by atoms with Gasteiger partial charge in [-0.3, -0.25) is 14.4 Å². The fourth-order valence-corrected chi connectivity index (χ4v) is 4.37. The highest BCUT2D eigenvalue weighted by atomic mass is 32.2. The van der Waals surface area contributed by atoms with Crippen molar-refractivity contribution in [1.29, 1.82) is 0 Å². The van der Waals surface area contributed by atoms with Gasteiger partial charge in [-0.15, -0.1) is 0 Å². The molecule has 0 radical (unpaired) electrons. The number of carbonyl (C=O) groups excluding carboxylic acids is 3. The lowest BCUT2D eigenvalue weighted by molar-refractivity contribution is -0.142. The van der Waals surface area contributed by atoms with E-state index >= 15 is 0 Å². The van der Waals surface area contributed by atoms with E-state index < -0.39 is 47.9 Å². The fraction of sp³-hybridized carbons (Fsp3) is 0.400. The monoisotopic (exact) mass is 543 g/mol. The third-order valence-corrected chi connectivity index (χ3v) is 6.63. The fourth-order valence-electron chi connectivity index (χ4n) is 3.90. The van der Waals surface area contributed by atoms with E-state index in [1.54, 1.807) is 6.20 Å². The van der Waals surface area contributed by atoms with Crippen LogP contribution in [0.15, 0.2) is 43.0 Å². The molecule has 2 aromatic heterocycles. The Balaban J connectivity index is 1.86. The van der Waals surface area contributed by atoms with Crippen molar-refractivity contribution in [3.63, 3.8) is 0 Å². The summed E-state index contributed by atoms with van der Waals surface area (Å²) in [5, 5.41) is 18.4. The topological polar surface area (TPSA) is 195 Å². The molecular weight excluding hydrogens is 510 g/mol. The number of amides is 3. The molecular formula is C25H33N7O5S. The number of hydrogen-bond acceptors (Lipinski definition) is 7. The number of para-hydroxylation sites is 1. The maximum atomic E-state index is 13.4. The average Bonchev–Trinajstić information content (AvgIpc) is 3.55. The van der Waals surface area contributed by atoms with Gasteiger partial charge in [0, 0.05) is 41.8 Å². The van der Waals surface area contributed by atoms with E-state index in [-0.39, 0.29) is 19.3 Å². The predicted molar refractivity (Wildman–Crippen MR) is 144 cm³/mol. The Morgan fingerprint density at radius 3 is 2.29 bits per heavy atom. The number of fused-ring (bicyclic) bond motifs is 1. The number of nitrogens with zero attached hydrogens (tertiary/aromatic N) is 1. The molecule has 0 fully saturated rings. The zero-order valence-electron chi connectivity index (χ0n) is 21.2. The average molecular weight is 544 g/mol. The van der Waals surface area contributed by atoms with Crippen molar-refractivity contribution in [2.24, 2.45) is 5.73 Å². The number of carboxylic acids is 1. The van der Waals surface area contributed by atoms with Crippen LogP contribution in [0.3, 0.4) is 0 Å². The molecule has 3 aromatic rings. The number of H-pyrrole nitrogens is 2. The van der Waals surface area contributed by atoms with Gasteiger partial charge in [0.15, 0.2) is 0 Å². The molecule has 3 rings (SSSR count). The van der Waals surface area contributed by atoms with E-state index in [2.05, 4.69) is 30.9 Å². The lowest BCUT2D eigenvalue weighted by atomic mass is 10.0. The van der Waals surface area contributed by atoms with Gasteiger partial charge >= 0.3 is 5.97 Å². The van der Waals surface area contributed by atoms with Crippen molar-refractivity contribution >= 4 is 46.4 Å². The molecule has 0 aliphatic carbocycles. The second-order valence-electron chi connectivity index (χ2n) is 8.94.